The molecule has 1 aliphatic heterocycles. The Labute approximate surface area is 136 Å². The van der Waals surface area contributed by atoms with Crippen LogP contribution in [0.1, 0.15) is 23.3 Å². The summed E-state index contributed by atoms with van der Waals surface area (Å²) >= 11 is 0. The Bertz CT molecular complexity index is 792. The molecule has 1 amide bonds. The van der Waals surface area contributed by atoms with Crippen molar-refractivity contribution in [2.75, 3.05) is 23.3 Å². The van der Waals surface area contributed by atoms with Gasteiger partial charge < -0.3 is 10.2 Å². The monoisotopic (exact) mass is 331 g/mol. The van der Waals surface area contributed by atoms with E-state index in [1.807, 2.05) is 0 Å². The van der Waals surface area contributed by atoms with E-state index < -0.39 is 22.3 Å². The highest BCUT2D eigenvalue weighted by molar-refractivity contribution is 6.03. The summed E-state index contributed by atoms with van der Waals surface area (Å²) in [6, 6.07) is 4.72. The lowest BCUT2D eigenvalue weighted by Gasteiger charge is -2.16. The standard InChI is InChI=1S/C15H14FN5O3/c16-11-4-3-10(7-13(11)21(23)24)19-15(22)12-8-14(18-9-17-12)20-5-1-2-6-20/h3-4,7-9H,1-2,5-6H2,(H,19,22). The van der Waals surface area contributed by atoms with Crippen LogP contribution in [-0.2, 0) is 0 Å². The maximum atomic E-state index is 13.3. The molecule has 1 aromatic heterocycles. The van der Waals surface area contributed by atoms with Gasteiger partial charge in [0.15, 0.2) is 0 Å². The summed E-state index contributed by atoms with van der Waals surface area (Å²) in [5.41, 5.74) is -0.443. The summed E-state index contributed by atoms with van der Waals surface area (Å²) in [6.07, 6.45) is 3.45. The van der Waals surface area contributed by atoms with Crippen molar-refractivity contribution in [1.29, 1.82) is 0 Å². The van der Waals surface area contributed by atoms with Crippen molar-refractivity contribution < 1.29 is 14.1 Å². The molecule has 2 heterocycles. The molecule has 1 aliphatic rings. The van der Waals surface area contributed by atoms with Gasteiger partial charge in [0.2, 0.25) is 5.82 Å². The number of benzene rings is 1. The topological polar surface area (TPSA) is 101 Å². The van der Waals surface area contributed by atoms with Gasteiger partial charge in [-0.05, 0) is 25.0 Å². The second kappa shape index (κ2) is 6.57. The summed E-state index contributed by atoms with van der Waals surface area (Å²) in [4.78, 5) is 32.3. The number of hydrogen-bond acceptors (Lipinski definition) is 6. The number of nitro benzene ring substituents is 1. The van der Waals surface area contributed by atoms with Crippen LogP contribution in [0.3, 0.4) is 0 Å². The second-order valence-electron chi connectivity index (χ2n) is 5.33. The molecule has 8 nitrogen and oxygen atoms in total. The molecule has 1 aromatic carbocycles. The lowest BCUT2D eigenvalue weighted by atomic mass is 10.2. The average molecular weight is 331 g/mol. The van der Waals surface area contributed by atoms with Gasteiger partial charge in [-0.2, -0.15) is 4.39 Å². The van der Waals surface area contributed by atoms with Gasteiger partial charge in [0.25, 0.3) is 5.91 Å². The molecule has 24 heavy (non-hydrogen) atoms. The predicted octanol–water partition coefficient (Wildman–Crippen LogP) is 2.38. The maximum Gasteiger partial charge on any atom is 0.306 e. The van der Waals surface area contributed by atoms with Crippen LogP contribution in [0.25, 0.3) is 0 Å². The maximum absolute atomic E-state index is 13.3. The van der Waals surface area contributed by atoms with Crippen LogP contribution < -0.4 is 10.2 Å². The third-order valence-electron chi connectivity index (χ3n) is 3.72. The normalized spacial score (nSPS) is 13.8. The molecular weight excluding hydrogens is 317 g/mol. The van der Waals surface area contributed by atoms with E-state index in [0.29, 0.717) is 5.82 Å². The quantitative estimate of drug-likeness (QED) is 0.682. The fraction of sp³-hybridized carbons (Fsp3) is 0.267. The minimum Gasteiger partial charge on any atom is -0.357 e. The smallest absolute Gasteiger partial charge is 0.306 e. The zero-order valence-electron chi connectivity index (χ0n) is 12.6. The highest BCUT2D eigenvalue weighted by Crippen LogP contribution is 2.22. The second-order valence-corrected chi connectivity index (χ2v) is 5.33. The Hall–Kier alpha value is -3.10. The predicted molar refractivity (Wildman–Crippen MR) is 84.5 cm³/mol. The molecule has 0 radical (unpaired) electrons. The van der Waals surface area contributed by atoms with Gasteiger partial charge in [0.05, 0.1) is 4.92 Å². The van der Waals surface area contributed by atoms with Gasteiger partial charge in [0, 0.05) is 30.9 Å². The number of halogens is 1. The van der Waals surface area contributed by atoms with E-state index >= 15 is 0 Å². The Balaban J connectivity index is 1.79. The van der Waals surface area contributed by atoms with Gasteiger partial charge in [-0.3, -0.25) is 14.9 Å². The summed E-state index contributed by atoms with van der Waals surface area (Å²) in [5.74, 6) is -0.840. The third kappa shape index (κ3) is 3.29. The Morgan fingerprint density at radius 1 is 1.25 bits per heavy atom. The van der Waals surface area contributed by atoms with Crippen LogP contribution in [0.2, 0.25) is 0 Å². The molecule has 1 saturated heterocycles. The molecule has 1 fully saturated rings. The number of aromatic nitrogens is 2. The number of amides is 1. The molecule has 0 spiro atoms. The number of nitrogens with zero attached hydrogens (tertiary/aromatic N) is 4. The highest BCUT2D eigenvalue weighted by atomic mass is 19.1. The zero-order valence-corrected chi connectivity index (χ0v) is 12.6. The first kappa shape index (κ1) is 15.8. The number of rotatable bonds is 4. The van der Waals surface area contributed by atoms with E-state index in [2.05, 4.69) is 20.2 Å². The molecule has 0 unspecified atom stereocenters. The molecule has 1 N–H and O–H groups in total. The Morgan fingerprint density at radius 3 is 2.71 bits per heavy atom. The van der Waals surface area contributed by atoms with Crippen molar-refractivity contribution >= 4 is 23.1 Å². The van der Waals surface area contributed by atoms with Crippen LogP contribution in [0, 0.1) is 15.9 Å². The van der Waals surface area contributed by atoms with Crippen LogP contribution in [0.5, 0.6) is 0 Å². The van der Waals surface area contributed by atoms with E-state index in [1.54, 1.807) is 6.07 Å². The van der Waals surface area contributed by atoms with Gasteiger partial charge in [0.1, 0.15) is 17.8 Å². The van der Waals surface area contributed by atoms with Crippen molar-refractivity contribution in [3.05, 3.63) is 52.2 Å². The van der Waals surface area contributed by atoms with Gasteiger partial charge in [-0.25, -0.2) is 9.97 Å². The number of nitro groups is 1. The van der Waals surface area contributed by atoms with Crippen molar-refractivity contribution in [2.24, 2.45) is 0 Å². The lowest BCUT2D eigenvalue weighted by Crippen LogP contribution is -2.21. The third-order valence-corrected chi connectivity index (χ3v) is 3.72. The summed E-state index contributed by atoms with van der Waals surface area (Å²) < 4.78 is 13.3. The minimum atomic E-state index is -0.962. The molecule has 3 rings (SSSR count). The fourth-order valence-electron chi connectivity index (χ4n) is 2.52. The number of anilines is 2. The van der Waals surface area contributed by atoms with Gasteiger partial charge in [-0.15, -0.1) is 0 Å². The molecule has 2 aromatic rings. The van der Waals surface area contributed by atoms with E-state index in [4.69, 9.17) is 0 Å². The molecule has 0 saturated carbocycles. The minimum absolute atomic E-state index is 0.120. The lowest BCUT2D eigenvalue weighted by molar-refractivity contribution is -0.387. The van der Waals surface area contributed by atoms with Gasteiger partial charge in [-0.1, -0.05) is 0 Å². The molecule has 0 atom stereocenters. The van der Waals surface area contributed by atoms with Crippen LogP contribution in [0.15, 0.2) is 30.6 Å². The molecule has 9 heteroatoms. The fourth-order valence-corrected chi connectivity index (χ4v) is 2.52. The van der Waals surface area contributed by atoms with Crippen molar-refractivity contribution in [3.8, 4) is 0 Å². The molecule has 0 aliphatic carbocycles. The summed E-state index contributed by atoms with van der Waals surface area (Å²) in [7, 11) is 0. The first-order valence-electron chi connectivity index (χ1n) is 7.37. The van der Waals surface area contributed by atoms with Crippen LogP contribution in [0.4, 0.5) is 21.6 Å². The molecule has 124 valence electrons. The van der Waals surface area contributed by atoms with E-state index in [0.717, 1.165) is 38.1 Å². The number of carbonyl (C=O) groups is 1. The Kier molecular flexibility index (Phi) is 4.32. The average Bonchev–Trinajstić information content (AvgIpc) is 3.11. The van der Waals surface area contributed by atoms with E-state index in [9.17, 15) is 19.3 Å². The first-order valence-corrected chi connectivity index (χ1v) is 7.37. The van der Waals surface area contributed by atoms with Crippen molar-refractivity contribution in [2.45, 2.75) is 12.8 Å². The van der Waals surface area contributed by atoms with E-state index in [1.165, 1.54) is 12.4 Å². The number of carbonyl (C=O) groups excluding carboxylic acids is 1. The first-order chi connectivity index (χ1) is 11.5. The highest BCUT2D eigenvalue weighted by Gasteiger charge is 2.18. The summed E-state index contributed by atoms with van der Waals surface area (Å²) in [5, 5.41) is 13.2. The van der Waals surface area contributed by atoms with Crippen LogP contribution in [-0.4, -0.2) is 33.9 Å². The molecular formula is C15H14FN5O3. The van der Waals surface area contributed by atoms with Crippen molar-refractivity contribution in [3.63, 3.8) is 0 Å². The Morgan fingerprint density at radius 2 is 2.00 bits per heavy atom. The number of hydrogen-bond donors (Lipinski definition) is 1. The molecule has 0 bridgehead atoms. The van der Waals surface area contributed by atoms with Gasteiger partial charge >= 0.3 is 5.69 Å². The zero-order chi connectivity index (χ0) is 17.1. The summed E-state index contributed by atoms with van der Waals surface area (Å²) in [6.45, 7) is 1.75. The van der Waals surface area contributed by atoms with Crippen LogP contribution >= 0.6 is 0 Å². The van der Waals surface area contributed by atoms with Crippen molar-refractivity contribution in [1.82, 2.24) is 9.97 Å². The SMILES string of the molecule is O=C(Nc1ccc(F)c([N+](=O)[O-])c1)c1cc(N2CCCC2)ncn1. The number of nitrogens with one attached hydrogen (secondary N) is 1. The largest absolute Gasteiger partial charge is 0.357 e. The van der Waals surface area contributed by atoms with E-state index in [-0.39, 0.29) is 11.4 Å².